The fourth-order valence-electron chi connectivity index (χ4n) is 1.06. The maximum Gasteiger partial charge on any atom is 0.222 e. The average molecular weight is 180 g/mol. The van der Waals surface area contributed by atoms with Crippen LogP contribution >= 0.6 is 11.6 Å². The summed E-state index contributed by atoms with van der Waals surface area (Å²) in [5.74, 6) is 0. The summed E-state index contributed by atoms with van der Waals surface area (Å²) >= 11 is 5.62. The molecule has 60 valence electrons. The van der Waals surface area contributed by atoms with Crippen molar-refractivity contribution in [3.8, 4) is 0 Å². The quantitative estimate of drug-likeness (QED) is 0.581. The number of fused-ring (bicyclic) bond motifs is 1. The van der Waals surface area contributed by atoms with E-state index in [-0.39, 0.29) is 5.28 Å². The fourth-order valence-corrected chi connectivity index (χ4v) is 1.20. The second kappa shape index (κ2) is 2.68. The van der Waals surface area contributed by atoms with E-state index in [9.17, 15) is 0 Å². The molecule has 0 aliphatic rings. The highest BCUT2D eigenvalue weighted by molar-refractivity contribution is 6.28. The minimum absolute atomic E-state index is 0.259. The number of hydrogen-bond donors (Lipinski definition) is 0. The number of aryl methyl sites for hydroxylation is 1. The van der Waals surface area contributed by atoms with Crippen molar-refractivity contribution in [2.24, 2.45) is 0 Å². The lowest BCUT2D eigenvalue weighted by molar-refractivity contribution is 1.19. The number of nitrogens with zero attached hydrogens (tertiary/aromatic N) is 3. The van der Waals surface area contributed by atoms with E-state index >= 15 is 0 Å². The minimum Gasteiger partial charge on any atom is -0.262 e. The van der Waals surface area contributed by atoms with Gasteiger partial charge in [-0.15, -0.1) is 0 Å². The van der Waals surface area contributed by atoms with E-state index in [1.54, 1.807) is 18.6 Å². The Morgan fingerprint density at radius 1 is 1.25 bits per heavy atom. The van der Waals surface area contributed by atoms with Crippen molar-refractivity contribution >= 4 is 22.5 Å². The van der Waals surface area contributed by atoms with Crippen LogP contribution in [0.2, 0.25) is 5.28 Å². The molecule has 0 unspecified atom stereocenters. The molecule has 0 aliphatic heterocycles. The molecule has 2 aromatic rings. The van der Waals surface area contributed by atoms with Crippen LogP contribution in [-0.2, 0) is 0 Å². The molecular formula is C8H6ClN3. The van der Waals surface area contributed by atoms with E-state index < -0.39 is 0 Å². The Kier molecular flexibility index (Phi) is 1.66. The monoisotopic (exact) mass is 179 g/mol. The summed E-state index contributed by atoms with van der Waals surface area (Å²) in [5.41, 5.74) is 1.85. The molecule has 4 heteroatoms. The molecule has 3 nitrogen and oxygen atoms in total. The highest BCUT2D eigenvalue weighted by Crippen LogP contribution is 2.14. The zero-order chi connectivity index (χ0) is 8.55. The summed E-state index contributed by atoms with van der Waals surface area (Å²) in [6, 6.07) is 0. The van der Waals surface area contributed by atoms with Crippen molar-refractivity contribution in [2.75, 3.05) is 0 Å². The van der Waals surface area contributed by atoms with Gasteiger partial charge in [-0.25, -0.2) is 9.97 Å². The van der Waals surface area contributed by atoms with Crippen LogP contribution in [0.5, 0.6) is 0 Å². The van der Waals surface area contributed by atoms with E-state index in [1.807, 2.05) is 6.92 Å². The van der Waals surface area contributed by atoms with Gasteiger partial charge in [0.15, 0.2) is 0 Å². The van der Waals surface area contributed by atoms with Crippen molar-refractivity contribution in [1.29, 1.82) is 0 Å². The van der Waals surface area contributed by atoms with E-state index in [0.29, 0.717) is 0 Å². The SMILES string of the molecule is Cc1cncc2nc(Cl)ncc12. The highest BCUT2D eigenvalue weighted by Gasteiger charge is 1.99. The average Bonchev–Trinajstić information content (AvgIpc) is 2.04. The molecule has 0 radical (unpaired) electrons. The fraction of sp³-hybridized carbons (Fsp3) is 0.125. The number of rotatable bonds is 0. The summed E-state index contributed by atoms with van der Waals surface area (Å²) in [7, 11) is 0. The molecular weight excluding hydrogens is 174 g/mol. The zero-order valence-electron chi connectivity index (χ0n) is 6.45. The summed E-state index contributed by atoms with van der Waals surface area (Å²) in [6.07, 6.45) is 5.16. The van der Waals surface area contributed by atoms with Crippen molar-refractivity contribution in [3.63, 3.8) is 0 Å². The van der Waals surface area contributed by atoms with Crippen LogP contribution in [0.25, 0.3) is 10.9 Å². The zero-order valence-corrected chi connectivity index (χ0v) is 7.21. The molecule has 12 heavy (non-hydrogen) atoms. The number of aromatic nitrogens is 3. The van der Waals surface area contributed by atoms with Crippen LogP contribution in [0.1, 0.15) is 5.56 Å². The smallest absolute Gasteiger partial charge is 0.222 e. The van der Waals surface area contributed by atoms with Gasteiger partial charge in [0, 0.05) is 17.8 Å². The molecule has 0 bridgehead atoms. The predicted octanol–water partition coefficient (Wildman–Crippen LogP) is 1.99. The molecule has 2 rings (SSSR count). The van der Waals surface area contributed by atoms with Crippen LogP contribution in [0.3, 0.4) is 0 Å². The van der Waals surface area contributed by atoms with Gasteiger partial charge in [-0.1, -0.05) is 0 Å². The second-order valence-electron chi connectivity index (χ2n) is 2.53. The lowest BCUT2D eigenvalue weighted by Gasteiger charge is -1.98. The third kappa shape index (κ3) is 1.12. The molecule has 0 spiro atoms. The van der Waals surface area contributed by atoms with Crippen LogP contribution in [-0.4, -0.2) is 15.0 Å². The molecule has 2 aromatic heterocycles. The molecule has 0 amide bonds. The van der Waals surface area contributed by atoms with Gasteiger partial charge in [-0.3, -0.25) is 4.98 Å². The molecule has 0 saturated carbocycles. The van der Waals surface area contributed by atoms with Gasteiger partial charge in [0.05, 0.1) is 11.7 Å². The van der Waals surface area contributed by atoms with Crippen molar-refractivity contribution < 1.29 is 0 Å². The highest BCUT2D eigenvalue weighted by atomic mass is 35.5. The van der Waals surface area contributed by atoms with Gasteiger partial charge < -0.3 is 0 Å². The van der Waals surface area contributed by atoms with Gasteiger partial charge in [0.1, 0.15) is 0 Å². The number of pyridine rings is 1. The first kappa shape index (κ1) is 7.43. The topological polar surface area (TPSA) is 38.7 Å². The molecule has 0 N–H and O–H groups in total. The molecule has 2 heterocycles. The Morgan fingerprint density at radius 3 is 2.92 bits per heavy atom. The third-order valence-electron chi connectivity index (χ3n) is 1.68. The molecule has 0 atom stereocenters. The van der Waals surface area contributed by atoms with Gasteiger partial charge in [0.25, 0.3) is 0 Å². The van der Waals surface area contributed by atoms with Crippen molar-refractivity contribution in [3.05, 3.63) is 29.4 Å². The largest absolute Gasteiger partial charge is 0.262 e. The Bertz CT molecular complexity index is 428. The number of halogens is 1. The van der Waals surface area contributed by atoms with E-state index in [0.717, 1.165) is 16.5 Å². The predicted molar refractivity (Wildman–Crippen MR) is 47.1 cm³/mol. The summed E-state index contributed by atoms with van der Waals surface area (Å²) in [4.78, 5) is 11.9. The second-order valence-corrected chi connectivity index (χ2v) is 2.87. The van der Waals surface area contributed by atoms with Gasteiger partial charge in [0.2, 0.25) is 5.28 Å². The lowest BCUT2D eigenvalue weighted by atomic mass is 10.2. The van der Waals surface area contributed by atoms with Crippen molar-refractivity contribution in [2.45, 2.75) is 6.92 Å². The molecule has 0 fully saturated rings. The Hall–Kier alpha value is -1.22. The summed E-state index contributed by atoms with van der Waals surface area (Å²) < 4.78 is 0. The van der Waals surface area contributed by atoms with Crippen LogP contribution < -0.4 is 0 Å². The van der Waals surface area contributed by atoms with Crippen LogP contribution in [0.4, 0.5) is 0 Å². The first-order chi connectivity index (χ1) is 5.77. The maximum atomic E-state index is 5.62. The summed E-state index contributed by atoms with van der Waals surface area (Å²) in [6.45, 7) is 1.96. The minimum atomic E-state index is 0.259. The van der Waals surface area contributed by atoms with E-state index in [4.69, 9.17) is 11.6 Å². The molecule has 0 aromatic carbocycles. The van der Waals surface area contributed by atoms with Gasteiger partial charge >= 0.3 is 0 Å². The van der Waals surface area contributed by atoms with E-state index in [2.05, 4.69) is 15.0 Å². The van der Waals surface area contributed by atoms with Gasteiger partial charge in [-0.05, 0) is 24.1 Å². The Morgan fingerprint density at radius 2 is 2.08 bits per heavy atom. The Balaban J connectivity index is 2.86. The summed E-state index contributed by atoms with van der Waals surface area (Å²) in [5, 5.41) is 1.25. The Labute approximate surface area is 74.4 Å². The van der Waals surface area contributed by atoms with Gasteiger partial charge in [-0.2, -0.15) is 0 Å². The van der Waals surface area contributed by atoms with Crippen LogP contribution in [0, 0.1) is 6.92 Å². The third-order valence-corrected chi connectivity index (χ3v) is 1.86. The maximum absolute atomic E-state index is 5.62. The van der Waals surface area contributed by atoms with Crippen LogP contribution in [0.15, 0.2) is 18.6 Å². The molecule has 0 saturated heterocycles. The van der Waals surface area contributed by atoms with E-state index in [1.165, 1.54) is 0 Å². The first-order valence-electron chi connectivity index (χ1n) is 3.50. The number of hydrogen-bond acceptors (Lipinski definition) is 3. The molecule has 0 aliphatic carbocycles. The standard InChI is InChI=1S/C8H6ClN3/c1-5-2-10-4-7-6(5)3-11-8(9)12-7/h2-4H,1H3. The lowest BCUT2D eigenvalue weighted by Crippen LogP contribution is -1.87. The van der Waals surface area contributed by atoms with Crippen molar-refractivity contribution in [1.82, 2.24) is 15.0 Å². The first-order valence-corrected chi connectivity index (χ1v) is 3.88. The normalized spacial score (nSPS) is 10.5.